The summed E-state index contributed by atoms with van der Waals surface area (Å²) < 4.78 is 0. The Morgan fingerprint density at radius 1 is 1.42 bits per heavy atom. The molecule has 1 saturated heterocycles. The van der Waals surface area contributed by atoms with Gasteiger partial charge in [0.15, 0.2) is 5.78 Å². The zero-order valence-corrected chi connectivity index (χ0v) is 11.2. The van der Waals surface area contributed by atoms with Gasteiger partial charge in [-0.05, 0) is 18.9 Å². The minimum Gasteiger partial charge on any atom is -0.318 e. The van der Waals surface area contributed by atoms with Crippen molar-refractivity contribution in [2.45, 2.75) is 18.6 Å². The van der Waals surface area contributed by atoms with Gasteiger partial charge in [0.05, 0.1) is 10.3 Å². The van der Waals surface area contributed by atoms with Crippen LogP contribution < -0.4 is 5.32 Å². The second kappa shape index (κ2) is 5.72. The van der Waals surface area contributed by atoms with Gasteiger partial charge in [0, 0.05) is 0 Å². The summed E-state index contributed by atoms with van der Waals surface area (Å²) in [4.78, 5) is 23.1. The van der Waals surface area contributed by atoms with Crippen molar-refractivity contribution in [3.8, 4) is 6.07 Å². The number of benzene rings is 1. The molecule has 0 spiro atoms. The number of carbonyl (C=O) groups is 2. The molecule has 19 heavy (non-hydrogen) atoms. The van der Waals surface area contributed by atoms with Crippen molar-refractivity contribution in [3.05, 3.63) is 46.5 Å². The van der Waals surface area contributed by atoms with Crippen LogP contribution in [0.5, 0.6) is 0 Å². The summed E-state index contributed by atoms with van der Waals surface area (Å²) >= 11 is 1.25. The summed E-state index contributed by atoms with van der Waals surface area (Å²) in [7, 11) is 0. The molecule has 96 valence electrons. The fourth-order valence-electron chi connectivity index (χ4n) is 1.79. The molecular weight excluding hydrogens is 260 g/mol. The standard InChI is InChI=1S/C14H12N2O2S/c1-9(17)11(8-15)14-16-13(18)12(19-14)7-10-5-3-2-4-6-10/h2-6,12H,7H2,1H3,(H,16,18)/b14-11-/t12-/m1/s1. The number of nitriles is 1. The van der Waals surface area contributed by atoms with Crippen LogP contribution in [-0.4, -0.2) is 16.9 Å². The molecule has 0 bridgehead atoms. The van der Waals surface area contributed by atoms with Crippen LogP contribution in [0.4, 0.5) is 0 Å². The molecule has 1 aliphatic heterocycles. The lowest BCUT2D eigenvalue weighted by Crippen LogP contribution is -2.24. The number of hydrogen-bond acceptors (Lipinski definition) is 4. The van der Waals surface area contributed by atoms with Crippen LogP contribution in [0.25, 0.3) is 0 Å². The third-order valence-corrected chi connectivity index (χ3v) is 3.95. The fraction of sp³-hybridized carbons (Fsp3) is 0.214. The second-order valence-electron chi connectivity index (χ2n) is 4.16. The van der Waals surface area contributed by atoms with Crippen LogP contribution >= 0.6 is 11.8 Å². The first-order valence-corrected chi connectivity index (χ1v) is 6.66. The summed E-state index contributed by atoms with van der Waals surface area (Å²) in [5.74, 6) is -0.483. The maximum atomic E-state index is 11.8. The van der Waals surface area contributed by atoms with Crippen LogP contribution in [-0.2, 0) is 16.0 Å². The molecule has 1 aromatic rings. The Morgan fingerprint density at radius 2 is 2.11 bits per heavy atom. The first kappa shape index (κ1) is 13.4. The van der Waals surface area contributed by atoms with Gasteiger partial charge in [0.2, 0.25) is 5.91 Å². The number of hydrogen-bond donors (Lipinski definition) is 1. The number of carbonyl (C=O) groups excluding carboxylic acids is 2. The molecule has 0 saturated carbocycles. The minimum atomic E-state index is -0.328. The molecule has 1 atom stereocenters. The van der Waals surface area contributed by atoms with Crippen LogP contribution in [0.1, 0.15) is 12.5 Å². The van der Waals surface area contributed by atoms with E-state index in [1.54, 1.807) is 0 Å². The van der Waals surface area contributed by atoms with E-state index in [0.29, 0.717) is 11.4 Å². The van der Waals surface area contributed by atoms with Gasteiger partial charge in [-0.15, -0.1) is 0 Å². The molecule has 0 aliphatic carbocycles. The highest BCUT2D eigenvalue weighted by Gasteiger charge is 2.31. The van der Waals surface area contributed by atoms with E-state index in [2.05, 4.69) is 5.32 Å². The van der Waals surface area contributed by atoms with Crippen molar-refractivity contribution in [2.24, 2.45) is 0 Å². The molecule has 1 fully saturated rings. The van der Waals surface area contributed by atoms with Crippen LogP contribution in [0.2, 0.25) is 0 Å². The molecule has 4 nitrogen and oxygen atoms in total. The highest BCUT2D eigenvalue weighted by atomic mass is 32.2. The Morgan fingerprint density at radius 3 is 2.68 bits per heavy atom. The summed E-state index contributed by atoms with van der Waals surface area (Å²) in [6.45, 7) is 1.32. The summed E-state index contributed by atoms with van der Waals surface area (Å²) in [5.41, 5.74) is 1.08. The van der Waals surface area contributed by atoms with Gasteiger partial charge >= 0.3 is 0 Å². The monoisotopic (exact) mass is 272 g/mol. The first-order valence-electron chi connectivity index (χ1n) is 5.78. The number of amides is 1. The molecule has 1 aromatic carbocycles. The lowest BCUT2D eigenvalue weighted by Gasteiger charge is -2.04. The van der Waals surface area contributed by atoms with E-state index in [4.69, 9.17) is 5.26 Å². The second-order valence-corrected chi connectivity index (χ2v) is 5.37. The van der Waals surface area contributed by atoms with E-state index in [9.17, 15) is 9.59 Å². The summed E-state index contributed by atoms with van der Waals surface area (Å²) in [5, 5.41) is 11.6. The van der Waals surface area contributed by atoms with Crippen molar-refractivity contribution < 1.29 is 9.59 Å². The van der Waals surface area contributed by atoms with Crippen molar-refractivity contribution in [1.29, 1.82) is 5.26 Å². The Bertz CT molecular complexity index is 587. The number of thioether (sulfide) groups is 1. The molecule has 0 radical (unpaired) electrons. The third kappa shape index (κ3) is 3.04. The van der Waals surface area contributed by atoms with E-state index in [-0.39, 0.29) is 22.5 Å². The highest BCUT2D eigenvalue weighted by molar-refractivity contribution is 8.04. The predicted octanol–water partition coefficient (Wildman–Crippen LogP) is 1.78. The van der Waals surface area contributed by atoms with Crippen molar-refractivity contribution in [1.82, 2.24) is 5.32 Å². The van der Waals surface area contributed by atoms with E-state index in [0.717, 1.165) is 5.56 Å². The topological polar surface area (TPSA) is 70.0 Å². The molecule has 1 aliphatic rings. The number of Topliss-reactive ketones (excluding diaryl/α,β-unsaturated/α-hetero) is 1. The van der Waals surface area contributed by atoms with E-state index < -0.39 is 0 Å². The van der Waals surface area contributed by atoms with Crippen molar-refractivity contribution >= 4 is 23.5 Å². The van der Waals surface area contributed by atoms with E-state index in [1.165, 1.54) is 18.7 Å². The number of nitrogens with one attached hydrogen (secondary N) is 1. The maximum Gasteiger partial charge on any atom is 0.238 e. The first-order chi connectivity index (χ1) is 9.11. The molecule has 0 unspecified atom stereocenters. The van der Waals surface area contributed by atoms with Crippen molar-refractivity contribution in [3.63, 3.8) is 0 Å². The predicted molar refractivity (Wildman–Crippen MR) is 73.0 cm³/mol. The molecule has 5 heteroatoms. The van der Waals surface area contributed by atoms with Crippen LogP contribution in [0.3, 0.4) is 0 Å². The zero-order chi connectivity index (χ0) is 13.8. The fourth-order valence-corrected chi connectivity index (χ4v) is 2.98. The number of ketones is 1. The Balaban J connectivity index is 2.17. The Labute approximate surface area is 115 Å². The van der Waals surface area contributed by atoms with Crippen LogP contribution in [0.15, 0.2) is 40.9 Å². The third-order valence-electron chi connectivity index (χ3n) is 2.74. The largest absolute Gasteiger partial charge is 0.318 e. The van der Waals surface area contributed by atoms with Gasteiger partial charge in [0.1, 0.15) is 11.6 Å². The van der Waals surface area contributed by atoms with E-state index in [1.807, 2.05) is 36.4 Å². The number of allylic oxidation sites excluding steroid dienone is 1. The highest BCUT2D eigenvalue weighted by Crippen LogP contribution is 2.31. The SMILES string of the molecule is CC(=O)/C(C#N)=C1/NC(=O)[C@@H](Cc2ccccc2)S1. The average Bonchev–Trinajstić information content (AvgIpc) is 2.72. The smallest absolute Gasteiger partial charge is 0.238 e. The lowest BCUT2D eigenvalue weighted by atomic mass is 10.1. The molecule has 1 N–H and O–H groups in total. The van der Waals surface area contributed by atoms with Gasteiger partial charge in [-0.3, -0.25) is 9.59 Å². The van der Waals surface area contributed by atoms with Gasteiger partial charge < -0.3 is 5.32 Å². The summed E-state index contributed by atoms with van der Waals surface area (Å²) in [6.07, 6.45) is 0.581. The minimum absolute atomic E-state index is 0.0221. The van der Waals surface area contributed by atoms with Crippen molar-refractivity contribution in [2.75, 3.05) is 0 Å². The van der Waals surface area contributed by atoms with Gasteiger partial charge in [-0.2, -0.15) is 5.26 Å². The maximum absolute atomic E-state index is 11.8. The van der Waals surface area contributed by atoms with Gasteiger partial charge in [-0.25, -0.2) is 0 Å². The Kier molecular flexibility index (Phi) is 4.03. The average molecular weight is 272 g/mol. The normalized spacial score (nSPS) is 20.6. The molecule has 1 heterocycles. The number of rotatable bonds is 3. The van der Waals surface area contributed by atoms with Gasteiger partial charge in [0.25, 0.3) is 0 Å². The lowest BCUT2D eigenvalue weighted by molar-refractivity contribution is -0.119. The Hall–Kier alpha value is -2.06. The molecular formula is C14H12N2O2S. The van der Waals surface area contributed by atoms with Gasteiger partial charge in [-0.1, -0.05) is 42.1 Å². The van der Waals surface area contributed by atoms with Crippen LogP contribution in [0, 0.1) is 11.3 Å². The summed E-state index contributed by atoms with van der Waals surface area (Å²) in [6, 6.07) is 11.5. The molecule has 1 amide bonds. The number of nitrogens with zero attached hydrogens (tertiary/aromatic N) is 1. The zero-order valence-electron chi connectivity index (χ0n) is 10.3. The molecule has 2 rings (SSSR count). The van der Waals surface area contributed by atoms with E-state index >= 15 is 0 Å². The molecule has 0 aromatic heterocycles. The quantitative estimate of drug-likeness (QED) is 0.672.